The Balaban J connectivity index is 1.82. The third kappa shape index (κ3) is 4.68. The van der Waals surface area contributed by atoms with E-state index in [2.05, 4.69) is 10.5 Å². The smallest absolute Gasteiger partial charge is 0.239 e. The van der Waals surface area contributed by atoms with Crippen molar-refractivity contribution in [1.82, 2.24) is 10.1 Å². The van der Waals surface area contributed by atoms with Crippen LogP contribution in [-0.2, 0) is 4.79 Å². The number of carbonyl (C=O) groups excluding carboxylic acids is 1. The molecule has 1 aromatic heterocycles. The SMILES string of the molecule is Cc1ccc(C(O)CN(C)CC(=O)Nc2cc(C)on2)cc1. The van der Waals surface area contributed by atoms with Gasteiger partial charge in [0.1, 0.15) is 5.76 Å². The van der Waals surface area contributed by atoms with E-state index in [1.54, 1.807) is 24.9 Å². The minimum atomic E-state index is -0.632. The second kappa shape index (κ2) is 7.20. The number of carbonyl (C=O) groups is 1. The van der Waals surface area contributed by atoms with Crippen molar-refractivity contribution < 1.29 is 14.4 Å². The van der Waals surface area contributed by atoms with Gasteiger partial charge >= 0.3 is 0 Å². The Bertz CT molecular complexity index is 622. The summed E-state index contributed by atoms with van der Waals surface area (Å²) >= 11 is 0. The number of aryl methyl sites for hydroxylation is 2. The van der Waals surface area contributed by atoms with Crippen LogP contribution in [0.5, 0.6) is 0 Å². The van der Waals surface area contributed by atoms with Crippen molar-refractivity contribution in [3.63, 3.8) is 0 Å². The molecule has 0 aliphatic carbocycles. The Labute approximate surface area is 129 Å². The zero-order valence-corrected chi connectivity index (χ0v) is 13.0. The lowest BCUT2D eigenvalue weighted by Gasteiger charge is -2.20. The molecule has 0 aliphatic heterocycles. The molecule has 6 nitrogen and oxygen atoms in total. The molecule has 0 radical (unpaired) electrons. The summed E-state index contributed by atoms with van der Waals surface area (Å²) in [6, 6.07) is 9.35. The van der Waals surface area contributed by atoms with E-state index in [1.807, 2.05) is 31.2 Å². The van der Waals surface area contributed by atoms with Gasteiger partial charge in [0.15, 0.2) is 5.82 Å². The molecule has 2 N–H and O–H groups in total. The summed E-state index contributed by atoms with van der Waals surface area (Å²) in [7, 11) is 1.78. The fourth-order valence-corrected chi connectivity index (χ4v) is 2.11. The molecule has 1 amide bonds. The van der Waals surface area contributed by atoms with Crippen molar-refractivity contribution in [1.29, 1.82) is 0 Å². The molecule has 0 saturated heterocycles. The van der Waals surface area contributed by atoms with Gasteiger partial charge in [0.25, 0.3) is 0 Å². The summed E-state index contributed by atoms with van der Waals surface area (Å²) in [5.41, 5.74) is 1.98. The molecule has 2 aromatic rings. The number of aromatic nitrogens is 1. The number of rotatable bonds is 6. The lowest BCUT2D eigenvalue weighted by atomic mass is 10.1. The fourth-order valence-electron chi connectivity index (χ4n) is 2.11. The molecule has 22 heavy (non-hydrogen) atoms. The molecule has 1 atom stereocenters. The first kappa shape index (κ1) is 16.2. The largest absolute Gasteiger partial charge is 0.387 e. The molecular weight excluding hydrogens is 282 g/mol. The first-order valence-corrected chi connectivity index (χ1v) is 7.10. The van der Waals surface area contributed by atoms with E-state index in [1.165, 1.54) is 0 Å². The fraction of sp³-hybridized carbons (Fsp3) is 0.375. The number of nitrogens with zero attached hydrogens (tertiary/aromatic N) is 2. The number of hydrogen-bond acceptors (Lipinski definition) is 5. The van der Waals surface area contributed by atoms with E-state index in [-0.39, 0.29) is 12.5 Å². The summed E-state index contributed by atoms with van der Waals surface area (Å²) in [5.74, 6) is 0.834. The maximum absolute atomic E-state index is 11.9. The Morgan fingerprint density at radius 3 is 2.64 bits per heavy atom. The lowest BCUT2D eigenvalue weighted by molar-refractivity contribution is -0.117. The number of aliphatic hydroxyl groups is 1. The topological polar surface area (TPSA) is 78.6 Å². The van der Waals surface area contributed by atoms with Gasteiger partial charge in [-0.1, -0.05) is 35.0 Å². The van der Waals surface area contributed by atoms with Gasteiger partial charge in [-0.2, -0.15) is 0 Å². The summed E-state index contributed by atoms with van der Waals surface area (Å²) in [5, 5.41) is 16.5. The molecule has 1 unspecified atom stereocenters. The standard InChI is InChI=1S/C16H21N3O3/c1-11-4-6-13(7-5-11)14(20)9-19(3)10-16(21)17-15-8-12(2)22-18-15/h4-8,14,20H,9-10H2,1-3H3,(H,17,18,21). The summed E-state index contributed by atoms with van der Waals surface area (Å²) in [6.07, 6.45) is -0.632. The number of nitrogens with one attached hydrogen (secondary N) is 1. The van der Waals surface area contributed by atoms with E-state index >= 15 is 0 Å². The van der Waals surface area contributed by atoms with Crippen LogP contribution >= 0.6 is 0 Å². The zero-order chi connectivity index (χ0) is 16.1. The van der Waals surface area contributed by atoms with Gasteiger partial charge in [-0.25, -0.2) is 0 Å². The molecular formula is C16H21N3O3. The zero-order valence-electron chi connectivity index (χ0n) is 13.0. The maximum Gasteiger partial charge on any atom is 0.239 e. The number of amides is 1. The number of benzene rings is 1. The summed E-state index contributed by atoms with van der Waals surface area (Å²) in [6.45, 7) is 4.29. The van der Waals surface area contributed by atoms with Crippen LogP contribution in [0.4, 0.5) is 5.82 Å². The Morgan fingerprint density at radius 1 is 1.36 bits per heavy atom. The van der Waals surface area contributed by atoms with Crippen LogP contribution in [0.25, 0.3) is 0 Å². The monoisotopic (exact) mass is 303 g/mol. The highest BCUT2D eigenvalue weighted by Gasteiger charge is 2.14. The number of hydrogen-bond donors (Lipinski definition) is 2. The van der Waals surface area contributed by atoms with Gasteiger partial charge in [0.05, 0.1) is 12.6 Å². The van der Waals surface area contributed by atoms with Gasteiger partial charge < -0.3 is 14.9 Å². The van der Waals surface area contributed by atoms with Crippen LogP contribution < -0.4 is 5.32 Å². The first-order chi connectivity index (χ1) is 10.4. The molecule has 2 rings (SSSR count). The molecule has 6 heteroatoms. The van der Waals surface area contributed by atoms with Crippen LogP contribution in [0.1, 0.15) is 23.0 Å². The van der Waals surface area contributed by atoms with Gasteiger partial charge in [-0.3, -0.25) is 9.69 Å². The van der Waals surface area contributed by atoms with Crippen molar-refractivity contribution in [3.8, 4) is 0 Å². The lowest BCUT2D eigenvalue weighted by Crippen LogP contribution is -2.33. The van der Waals surface area contributed by atoms with E-state index in [4.69, 9.17) is 4.52 Å². The number of aliphatic hydroxyl groups excluding tert-OH is 1. The maximum atomic E-state index is 11.9. The molecule has 0 fully saturated rings. The average molecular weight is 303 g/mol. The van der Waals surface area contributed by atoms with Crippen LogP contribution in [0.3, 0.4) is 0 Å². The molecule has 0 spiro atoms. The van der Waals surface area contributed by atoms with Crippen LogP contribution in [0.15, 0.2) is 34.9 Å². The van der Waals surface area contributed by atoms with Crippen LogP contribution in [0, 0.1) is 13.8 Å². The second-order valence-corrected chi connectivity index (χ2v) is 5.49. The van der Waals surface area contributed by atoms with Gasteiger partial charge in [0, 0.05) is 12.6 Å². The van der Waals surface area contributed by atoms with Gasteiger partial charge in [-0.05, 0) is 26.5 Å². The van der Waals surface area contributed by atoms with Crippen molar-refractivity contribution in [2.75, 3.05) is 25.5 Å². The highest BCUT2D eigenvalue weighted by molar-refractivity contribution is 5.91. The van der Waals surface area contributed by atoms with Crippen molar-refractivity contribution in [2.45, 2.75) is 20.0 Å². The quantitative estimate of drug-likeness (QED) is 0.852. The highest BCUT2D eigenvalue weighted by atomic mass is 16.5. The van der Waals surface area contributed by atoms with Crippen molar-refractivity contribution >= 4 is 11.7 Å². The Morgan fingerprint density at radius 2 is 2.05 bits per heavy atom. The van der Waals surface area contributed by atoms with Crippen LogP contribution in [-0.4, -0.2) is 41.2 Å². The Kier molecular flexibility index (Phi) is 5.30. The number of anilines is 1. The highest BCUT2D eigenvalue weighted by Crippen LogP contribution is 2.14. The third-order valence-corrected chi connectivity index (χ3v) is 3.26. The average Bonchev–Trinajstić information content (AvgIpc) is 2.84. The normalized spacial score (nSPS) is 12.4. The summed E-state index contributed by atoms with van der Waals surface area (Å²) < 4.78 is 4.88. The van der Waals surface area contributed by atoms with Crippen molar-refractivity contribution in [2.24, 2.45) is 0 Å². The summed E-state index contributed by atoms with van der Waals surface area (Å²) in [4.78, 5) is 13.6. The van der Waals surface area contributed by atoms with E-state index in [9.17, 15) is 9.90 Å². The third-order valence-electron chi connectivity index (χ3n) is 3.26. The molecule has 0 bridgehead atoms. The predicted molar refractivity (Wildman–Crippen MR) is 83.5 cm³/mol. The molecule has 0 aliphatic rings. The number of likely N-dealkylation sites (N-methyl/N-ethyl adjacent to an activating group) is 1. The second-order valence-electron chi connectivity index (χ2n) is 5.49. The molecule has 1 aromatic carbocycles. The molecule has 0 saturated carbocycles. The first-order valence-electron chi connectivity index (χ1n) is 7.10. The minimum Gasteiger partial charge on any atom is -0.387 e. The molecule has 1 heterocycles. The van der Waals surface area contributed by atoms with E-state index < -0.39 is 6.10 Å². The molecule has 118 valence electrons. The van der Waals surface area contributed by atoms with Crippen molar-refractivity contribution in [3.05, 3.63) is 47.2 Å². The minimum absolute atomic E-state index is 0.162. The predicted octanol–water partition coefficient (Wildman–Crippen LogP) is 1.90. The van der Waals surface area contributed by atoms with Gasteiger partial charge in [0.2, 0.25) is 5.91 Å². The van der Waals surface area contributed by atoms with E-state index in [0.717, 1.165) is 11.1 Å². The van der Waals surface area contributed by atoms with E-state index in [0.29, 0.717) is 18.1 Å². The van der Waals surface area contributed by atoms with Gasteiger partial charge in [-0.15, -0.1) is 0 Å². The van der Waals surface area contributed by atoms with Crippen LogP contribution in [0.2, 0.25) is 0 Å². The Hall–Kier alpha value is -2.18.